The maximum absolute atomic E-state index is 13.9. The number of carbonyl (C=O) groups excluding carboxylic acids is 6. The van der Waals surface area contributed by atoms with Gasteiger partial charge in [-0.05, 0) is 91.3 Å². The van der Waals surface area contributed by atoms with Crippen molar-refractivity contribution in [3.8, 4) is 28.8 Å². The van der Waals surface area contributed by atoms with Crippen LogP contribution in [0.1, 0.15) is 70.4 Å². The highest BCUT2D eigenvalue weighted by molar-refractivity contribution is 6.24. The zero-order chi connectivity index (χ0) is 51.7. The molecule has 1 saturated heterocycles. The molecule has 8 rings (SSSR count). The van der Waals surface area contributed by atoms with Gasteiger partial charge in [0.2, 0.25) is 17.7 Å². The van der Waals surface area contributed by atoms with Gasteiger partial charge in [-0.2, -0.15) is 5.26 Å². The maximum Gasteiger partial charge on any atom is 0.322 e. The molecule has 74 heavy (non-hydrogen) atoms. The number of pyridine rings is 2. The number of piperidine rings is 1. The molecular formula is C54H57N9O11. The molecule has 1 atom stereocenters. The van der Waals surface area contributed by atoms with Crippen molar-refractivity contribution in [2.45, 2.75) is 63.2 Å². The van der Waals surface area contributed by atoms with E-state index >= 15 is 0 Å². The topological polar surface area (TPSA) is 253 Å². The minimum Gasteiger partial charge on any atom is -0.483 e. The Bertz CT molecular complexity index is 2800. The Hall–Kier alpha value is -8.25. The fourth-order valence-electron chi connectivity index (χ4n) is 8.88. The first-order valence-corrected chi connectivity index (χ1v) is 24.6. The SMILES string of the molecule is N#Cc1ccc(NC2CCC(N(C(=O)NCc3ccccc3)c3ccc(-c4ccnc(OCCOCCOCCOCCNC(=O)COc5cccc6c5C(=O)N(C5CCC(=O)NC5=O)C6=O)c4)cc3)CC2)nc1. The van der Waals surface area contributed by atoms with Crippen LogP contribution in [0, 0.1) is 11.3 Å². The van der Waals surface area contributed by atoms with Gasteiger partial charge in [0.05, 0.1) is 56.3 Å². The highest BCUT2D eigenvalue weighted by Gasteiger charge is 2.46. The summed E-state index contributed by atoms with van der Waals surface area (Å²) in [5.74, 6) is -1.84. The number of urea groups is 1. The Labute approximate surface area is 427 Å². The van der Waals surface area contributed by atoms with Gasteiger partial charge in [-0.1, -0.05) is 48.5 Å². The van der Waals surface area contributed by atoms with E-state index in [0.29, 0.717) is 51.0 Å². The second kappa shape index (κ2) is 25.9. The molecule has 0 radical (unpaired) electrons. The highest BCUT2D eigenvalue weighted by atomic mass is 16.6. The number of hydrogen-bond donors (Lipinski definition) is 4. The molecule has 3 aliphatic rings. The third-order valence-corrected chi connectivity index (χ3v) is 12.6. The van der Waals surface area contributed by atoms with Crippen molar-refractivity contribution in [2.24, 2.45) is 0 Å². The van der Waals surface area contributed by atoms with Gasteiger partial charge in [0, 0.05) is 55.7 Å². The Balaban J connectivity index is 0.699. The number of rotatable bonds is 24. The minimum atomic E-state index is -1.11. The van der Waals surface area contributed by atoms with Gasteiger partial charge in [-0.3, -0.25) is 39.1 Å². The molecule has 20 nitrogen and oxygen atoms in total. The van der Waals surface area contributed by atoms with Gasteiger partial charge in [0.25, 0.3) is 17.7 Å². The summed E-state index contributed by atoms with van der Waals surface area (Å²) in [5, 5.41) is 20.6. The molecule has 2 fully saturated rings. The summed E-state index contributed by atoms with van der Waals surface area (Å²) >= 11 is 0. The van der Waals surface area contributed by atoms with Crippen molar-refractivity contribution in [2.75, 3.05) is 69.6 Å². The number of nitriles is 1. The van der Waals surface area contributed by atoms with E-state index in [9.17, 15) is 28.8 Å². The number of nitrogens with zero attached hydrogens (tertiary/aromatic N) is 5. The van der Waals surface area contributed by atoms with Gasteiger partial charge in [-0.25, -0.2) is 14.8 Å². The van der Waals surface area contributed by atoms with Crippen molar-refractivity contribution in [3.63, 3.8) is 0 Å². The van der Waals surface area contributed by atoms with Gasteiger partial charge >= 0.3 is 6.03 Å². The first-order chi connectivity index (χ1) is 36.1. The largest absolute Gasteiger partial charge is 0.483 e. The third-order valence-electron chi connectivity index (χ3n) is 12.6. The van der Waals surface area contributed by atoms with Crippen molar-refractivity contribution in [3.05, 3.63) is 132 Å². The molecule has 2 aromatic heterocycles. The first kappa shape index (κ1) is 52.1. The van der Waals surface area contributed by atoms with Crippen LogP contribution in [0.3, 0.4) is 0 Å². The van der Waals surface area contributed by atoms with Crippen LogP contribution in [0.15, 0.2) is 109 Å². The molecule has 20 heteroatoms. The molecule has 4 N–H and O–H groups in total. The second-order valence-electron chi connectivity index (χ2n) is 17.6. The van der Waals surface area contributed by atoms with Gasteiger partial charge < -0.3 is 39.6 Å². The van der Waals surface area contributed by atoms with Crippen LogP contribution in [-0.2, 0) is 35.1 Å². The summed E-state index contributed by atoms with van der Waals surface area (Å²) in [7, 11) is 0. The Morgan fingerprint density at radius 2 is 1.49 bits per heavy atom. The fraction of sp³-hybridized carbons (Fsp3) is 0.352. The van der Waals surface area contributed by atoms with Crippen LogP contribution >= 0.6 is 0 Å². The second-order valence-corrected chi connectivity index (χ2v) is 17.6. The van der Waals surface area contributed by atoms with E-state index in [4.69, 9.17) is 28.9 Å². The first-order valence-electron chi connectivity index (χ1n) is 24.6. The lowest BCUT2D eigenvalue weighted by atomic mass is 9.89. The summed E-state index contributed by atoms with van der Waals surface area (Å²) in [6.45, 7) is 2.28. The fourth-order valence-corrected chi connectivity index (χ4v) is 8.88. The van der Waals surface area contributed by atoms with Crippen LogP contribution in [-0.4, -0.2) is 128 Å². The Morgan fingerprint density at radius 3 is 2.20 bits per heavy atom. The van der Waals surface area contributed by atoms with Crippen LogP contribution in [0.2, 0.25) is 0 Å². The number of aromatic nitrogens is 2. The van der Waals surface area contributed by atoms with Crippen LogP contribution in [0.4, 0.5) is 16.3 Å². The summed E-state index contributed by atoms with van der Waals surface area (Å²) in [4.78, 5) is 88.1. The average Bonchev–Trinajstić information content (AvgIpc) is 3.68. The number of hydrogen-bond acceptors (Lipinski definition) is 15. The summed E-state index contributed by atoms with van der Waals surface area (Å²) in [6, 6.07) is 30.6. The molecule has 5 aromatic rings. The zero-order valence-electron chi connectivity index (χ0n) is 40.7. The van der Waals surface area contributed by atoms with Crippen molar-refractivity contribution in [1.29, 1.82) is 5.26 Å². The predicted molar refractivity (Wildman–Crippen MR) is 269 cm³/mol. The standard InChI is InChI=1S/C54H57N9O11/c55-32-37-9-19-46(58-34-37)60-40-12-16-42(17-13-40)62(54(69)59-33-36-5-2-1-3-6-36)41-14-10-38(11-15-41)39-21-22-57-49(31-39)73-30-29-72-28-27-71-26-25-70-24-23-56-48(65)35-74-45-8-4-7-43-50(45)53(68)63(52(43)67)44-18-20-47(64)61-51(44)66/h1-11,14-15,19,21-22,31,34,40,42,44H,12-13,16-18,20,23-30,33,35H2,(H,56,65)(H,58,60)(H,59,69)(H,61,64,66). The lowest BCUT2D eigenvalue weighted by Crippen LogP contribution is -2.54. The normalized spacial score (nSPS) is 17.2. The van der Waals surface area contributed by atoms with E-state index in [2.05, 4.69) is 37.3 Å². The molecule has 2 aliphatic heterocycles. The van der Waals surface area contributed by atoms with Crippen LogP contribution in [0.25, 0.3) is 11.1 Å². The smallest absolute Gasteiger partial charge is 0.322 e. The number of amides is 7. The molecule has 0 spiro atoms. The minimum absolute atomic E-state index is 0.000480. The molecule has 1 aliphatic carbocycles. The summed E-state index contributed by atoms with van der Waals surface area (Å²) in [6.07, 6.45) is 6.58. The monoisotopic (exact) mass is 1010 g/mol. The van der Waals surface area contributed by atoms with E-state index in [0.717, 1.165) is 58.8 Å². The molecular weight excluding hydrogens is 951 g/mol. The molecule has 7 amide bonds. The summed E-state index contributed by atoms with van der Waals surface area (Å²) in [5.41, 5.74) is 4.19. The average molecular weight is 1010 g/mol. The molecule has 0 bridgehead atoms. The quantitative estimate of drug-likeness (QED) is 0.0459. The van der Waals surface area contributed by atoms with E-state index < -0.39 is 42.2 Å². The molecule has 4 heterocycles. The Kier molecular flexibility index (Phi) is 18.2. The van der Waals surface area contributed by atoms with E-state index in [-0.39, 0.29) is 67.6 Å². The number of benzene rings is 3. The number of nitrogens with one attached hydrogen (secondary N) is 4. The lowest BCUT2D eigenvalue weighted by Gasteiger charge is -2.37. The van der Waals surface area contributed by atoms with Crippen molar-refractivity contribution < 1.29 is 52.5 Å². The van der Waals surface area contributed by atoms with Gasteiger partial charge in [0.15, 0.2) is 6.61 Å². The Morgan fingerprint density at radius 1 is 0.743 bits per heavy atom. The van der Waals surface area contributed by atoms with Crippen molar-refractivity contribution >= 4 is 47.1 Å². The zero-order valence-corrected chi connectivity index (χ0v) is 40.7. The number of anilines is 2. The molecule has 3 aromatic carbocycles. The van der Waals surface area contributed by atoms with E-state index in [1.165, 1.54) is 18.2 Å². The van der Waals surface area contributed by atoms with E-state index in [1.54, 1.807) is 18.5 Å². The highest BCUT2D eigenvalue weighted by Crippen LogP contribution is 2.34. The number of fused-ring (bicyclic) bond motifs is 1. The van der Waals surface area contributed by atoms with Gasteiger partial charge in [0.1, 0.15) is 30.3 Å². The molecule has 1 unspecified atom stereocenters. The maximum atomic E-state index is 13.9. The van der Waals surface area contributed by atoms with Crippen LogP contribution in [0.5, 0.6) is 11.6 Å². The van der Waals surface area contributed by atoms with Crippen LogP contribution < -0.4 is 35.6 Å². The third kappa shape index (κ3) is 13.8. The predicted octanol–water partition coefficient (Wildman–Crippen LogP) is 5.18. The number of imide groups is 2. The molecule has 1 saturated carbocycles. The van der Waals surface area contributed by atoms with E-state index in [1.807, 2.05) is 77.7 Å². The van der Waals surface area contributed by atoms with Crippen molar-refractivity contribution in [1.82, 2.24) is 30.8 Å². The lowest BCUT2D eigenvalue weighted by molar-refractivity contribution is -0.136. The number of carbonyl (C=O) groups is 6. The molecule has 384 valence electrons. The van der Waals surface area contributed by atoms with Gasteiger partial charge in [-0.15, -0.1) is 0 Å². The summed E-state index contributed by atoms with van der Waals surface area (Å²) < 4.78 is 28.3. The number of ether oxygens (including phenoxy) is 5.